The molecule has 1 aromatic carbocycles. The van der Waals surface area contributed by atoms with Crippen molar-refractivity contribution >= 4 is 28.7 Å². The average molecular weight is 232 g/mol. The first-order chi connectivity index (χ1) is 7.85. The first-order valence-electron chi connectivity index (χ1n) is 4.97. The van der Waals surface area contributed by atoms with E-state index in [-0.39, 0.29) is 0 Å². The number of thioether (sulfide) groups is 1. The van der Waals surface area contributed by atoms with Gasteiger partial charge in [-0.15, -0.1) is 0 Å². The van der Waals surface area contributed by atoms with E-state index in [2.05, 4.69) is 27.6 Å². The zero-order valence-electron chi connectivity index (χ0n) is 8.95. The van der Waals surface area contributed by atoms with E-state index in [0.29, 0.717) is 5.56 Å². The predicted molar refractivity (Wildman–Crippen MR) is 67.7 cm³/mol. The number of fused-ring (bicyclic) bond motifs is 1. The number of hydrogen-bond donors (Lipinski definition) is 2. The van der Waals surface area contributed by atoms with Crippen LogP contribution in [-0.4, -0.2) is 28.5 Å². The van der Waals surface area contributed by atoms with Gasteiger partial charge in [0.05, 0.1) is 11.1 Å². The quantitative estimate of drug-likeness (QED) is 0.793. The molecular weight excluding hydrogens is 220 g/mol. The van der Waals surface area contributed by atoms with Crippen molar-refractivity contribution in [2.24, 2.45) is 0 Å². The summed E-state index contributed by atoms with van der Waals surface area (Å²) in [6.07, 6.45) is 2.06. The molecule has 1 aromatic heterocycles. The van der Waals surface area contributed by atoms with Crippen molar-refractivity contribution in [2.75, 3.05) is 23.9 Å². The fourth-order valence-corrected chi connectivity index (χ4v) is 1.78. The molecule has 2 aromatic rings. The number of aromatic amines is 1. The normalized spacial score (nSPS) is 10.2. The largest absolute Gasteiger partial charge is 0.355 e. The van der Waals surface area contributed by atoms with Gasteiger partial charge in [0, 0.05) is 12.3 Å². The smallest absolute Gasteiger partial charge is 0.201 e. The van der Waals surface area contributed by atoms with Gasteiger partial charge in [0.2, 0.25) is 5.95 Å². The Morgan fingerprint density at radius 2 is 2.44 bits per heavy atom. The summed E-state index contributed by atoms with van der Waals surface area (Å²) in [5, 5.41) is 12.1. The molecule has 2 rings (SSSR count). The van der Waals surface area contributed by atoms with E-state index in [1.165, 1.54) is 0 Å². The molecule has 0 unspecified atom stereocenters. The number of H-pyrrole nitrogens is 1. The molecule has 2 N–H and O–H groups in total. The maximum Gasteiger partial charge on any atom is 0.201 e. The van der Waals surface area contributed by atoms with Gasteiger partial charge in [0.15, 0.2) is 0 Å². The average Bonchev–Trinajstić information content (AvgIpc) is 2.71. The van der Waals surface area contributed by atoms with Crippen molar-refractivity contribution in [3.05, 3.63) is 23.8 Å². The Kier molecular flexibility index (Phi) is 3.32. The van der Waals surface area contributed by atoms with Crippen LogP contribution in [0.4, 0.5) is 5.95 Å². The monoisotopic (exact) mass is 232 g/mol. The number of rotatable bonds is 4. The molecule has 0 radical (unpaired) electrons. The van der Waals surface area contributed by atoms with Crippen LogP contribution >= 0.6 is 11.8 Å². The Labute approximate surface area is 98.1 Å². The number of nitrogens with one attached hydrogen (secondary N) is 2. The van der Waals surface area contributed by atoms with Gasteiger partial charge in [-0.2, -0.15) is 17.0 Å². The molecule has 0 saturated heterocycles. The van der Waals surface area contributed by atoms with Gasteiger partial charge in [-0.25, -0.2) is 4.98 Å². The second kappa shape index (κ2) is 4.90. The second-order valence-electron chi connectivity index (χ2n) is 3.32. The zero-order valence-corrected chi connectivity index (χ0v) is 9.77. The van der Waals surface area contributed by atoms with Crippen LogP contribution in [0.15, 0.2) is 18.2 Å². The summed E-state index contributed by atoms with van der Waals surface area (Å²) in [6, 6.07) is 7.68. The van der Waals surface area contributed by atoms with Gasteiger partial charge in [0.1, 0.15) is 11.6 Å². The third kappa shape index (κ3) is 2.12. The maximum atomic E-state index is 8.93. The summed E-state index contributed by atoms with van der Waals surface area (Å²) in [5.74, 6) is 1.76. The van der Waals surface area contributed by atoms with Crippen LogP contribution in [0.3, 0.4) is 0 Å². The molecular formula is C11H12N4S. The fraction of sp³-hybridized carbons (Fsp3) is 0.273. The van der Waals surface area contributed by atoms with E-state index in [1.54, 1.807) is 17.8 Å². The van der Waals surface area contributed by atoms with Crippen LogP contribution in [-0.2, 0) is 0 Å². The van der Waals surface area contributed by atoms with Crippen molar-refractivity contribution in [2.45, 2.75) is 0 Å². The Hall–Kier alpha value is -1.67. The minimum atomic E-state index is 0.603. The lowest BCUT2D eigenvalue weighted by Crippen LogP contribution is -2.04. The summed E-state index contributed by atoms with van der Waals surface area (Å²) in [6.45, 7) is 0.864. The number of hydrogen-bond acceptors (Lipinski definition) is 4. The van der Waals surface area contributed by atoms with Crippen molar-refractivity contribution in [3.8, 4) is 6.07 Å². The highest BCUT2D eigenvalue weighted by Gasteiger charge is 2.05. The molecule has 0 aliphatic heterocycles. The minimum absolute atomic E-state index is 0.603. The van der Waals surface area contributed by atoms with Gasteiger partial charge in [-0.3, -0.25) is 0 Å². The molecule has 82 valence electrons. The minimum Gasteiger partial charge on any atom is -0.355 e. The van der Waals surface area contributed by atoms with Gasteiger partial charge >= 0.3 is 0 Å². The highest BCUT2D eigenvalue weighted by atomic mass is 32.2. The van der Waals surface area contributed by atoms with Crippen LogP contribution in [0.25, 0.3) is 11.0 Å². The number of anilines is 1. The molecule has 0 aliphatic rings. The van der Waals surface area contributed by atoms with Gasteiger partial charge in [-0.05, 0) is 18.4 Å². The number of benzene rings is 1. The van der Waals surface area contributed by atoms with Gasteiger partial charge in [-0.1, -0.05) is 6.07 Å². The lowest BCUT2D eigenvalue weighted by atomic mass is 10.2. The molecule has 4 nitrogen and oxygen atoms in total. The van der Waals surface area contributed by atoms with E-state index >= 15 is 0 Å². The maximum absolute atomic E-state index is 8.93. The number of nitriles is 1. The molecule has 0 spiro atoms. The first kappa shape index (κ1) is 10.8. The summed E-state index contributed by atoms with van der Waals surface area (Å²) >= 11 is 1.78. The third-order valence-corrected chi connectivity index (χ3v) is 2.84. The van der Waals surface area contributed by atoms with Crippen molar-refractivity contribution in [3.63, 3.8) is 0 Å². The number of imidazole rings is 1. The molecule has 1 heterocycles. The Balaban J connectivity index is 2.26. The molecule has 0 aliphatic carbocycles. The zero-order chi connectivity index (χ0) is 11.4. The lowest BCUT2D eigenvalue weighted by Gasteiger charge is -1.98. The Morgan fingerprint density at radius 1 is 1.56 bits per heavy atom. The fourth-order valence-electron chi connectivity index (χ4n) is 1.48. The van der Waals surface area contributed by atoms with E-state index in [4.69, 9.17) is 5.26 Å². The van der Waals surface area contributed by atoms with Crippen LogP contribution in [0.5, 0.6) is 0 Å². The number of para-hydroxylation sites is 1. The van der Waals surface area contributed by atoms with E-state index in [9.17, 15) is 0 Å². The molecule has 0 bridgehead atoms. The lowest BCUT2D eigenvalue weighted by molar-refractivity contribution is 1.16. The summed E-state index contributed by atoms with van der Waals surface area (Å²) in [7, 11) is 0. The molecule has 0 atom stereocenters. The first-order valence-corrected chi connectivity index (χ1v) is 6.36. The van der Waals surface area contributed by atoms with E-state index < -0.39 is 0 Å². The standard InChI is InChI=1S/C11H12N4S/c1-16-6-5-13-11-14-9-4-2-3-8(7-12)10(9)15-11/h2-4H,5-6H2,1H3,(H2,13,14,15). The van der Waals surface area contributed by atoms with Crippen LogP contribution < -0.4 is 5.32 Å². The summed E-state index contributed by atoms with van der Waals surface area (Å²) < 4.78 is 0. The van der Waals surface area contributed by atoms with Crippen LogP contribution in [0.2, 0.25) is 0 Å². The number of aromatic nitrogens is 2. The van der Waals surface area contributed by atoms with E-state index in [0.717, 1.165) is 29.3 Å². The summed E-state index contributed by atoms with van der Waals surface area (Å²) in [5.41, 5.74) is 2.23. The molecule has 0 fully saturated rings. The second-order valence-corrected chi connectivity index (χ2v) is 4.30. The highest BCUT2D eigenvalue weighted by molar-refractivity contribution is 7.98. The topological polar surface area (TPSA) is 64.5 Å². The summed E-state index contributed by atoms with van der Waals surface area (Å²) in [4.78, 5) is 7.50. The van der Waals surface area contributed by atoms with Gasteiger partial charge < -0.3 is 10.3 Å². The van der Waals surface area contributed by atoms with E-state index in [1.807, 2.05) is 12.1 Å². The highest BCUT2D eigenvalue weighted by Crippen LogP contribution is 2.17. The SMILES string of the molecule is CSCCNc1nc2c(C#N)cccc2[nH]1. The van der Waals surface area contributed by atoms with Crippen molar-refractivity contribution in [1.29, 1.82) is 5.26 Å². The van der Waals surface area contributed by atoms with Crippen LogP contribution in [0, 0.1) is 11.3 Å². The van der Waals surface area contributed by atoms with Gasteiger partial charge in [0.25, 0.3) is 0 Å². The van der Waals surface area contributed by atoms with Crippen molar-refractivity contribution < 1.29 is 0 Å². The van der Waals surface area contributed by atoms with Crippen LogP contribution in [0.1, 0.15) is 5.56 Å². The Morgan fingerprint density at radius 3 is 3.19 bits per heavy atom. The third-order valence-electron chi connectivity index (χ3n) is 2.23. The number of nitrogens with zero attached hydrogens (tertiary/aromatic N) is 2. The molecule has 0 amide bonds. The Bertz CT molecular complexity index is 526. The molecule has 0 saturated carbocycles. The molecule has 16 heavy (non-hydrogen) atoms. The predicted octanol–water partition coefficient (Wildman–Crippen LogP) is 2.21. The molecule has 5 heteroatoms. The van der Waals surface area contributed by atoms with Crippen molar-refractivity contribution in [1.82, 2.24) is 9.97 Å².